The smallest absolute Gasteiger partial charge is 0.144 e. The number of hydrogen-bond donors (Lipinski definition) is 2. The van der Waals surface area contributed by atoms with Crippen molar-refractivity contribution < 1.29 is 5.11 Å². The SMILES string of the molecule is OCCNc1cnccn1. The van der Waals surface area contributed by atoms with Gasteiger partial charge in [-0.3, -0.25) is 4.98 Å². The van der Waals surface area contributed by atoms with E-state index in [1.54, 1.807) is 18.6 Å². The minimum atomic E-state index is 0.108. The Morgan fingerprint density at radius 1 is 1.50 bits per heavy atom. The molecule has 0 radical (unpaired) electrons. The highest BCUT2D eigenvalue weighted by Crippen LogP contribution is 1.94. The molecule has 2 N–H and O–H groups in total. The van der Waals surface area contributed by atoms with Gasteiger partial charge >= 0.3 is 0 Å². The van der Waals surface area contributed by atoms with Gasteiger partial charge in [0.25, 0.3) is 0 Å². The summed E-state index contributed by atoms with van der Waals surface area (Å²) in [5.41, 5.74) is 0. The maximum Gasteiger partial charge on any atom is 0.144 e. The predicted molar refractivity (Wildman–Crippen MR) is 37.6 cm³/mol. The van der Waals surface area contributed by atoms with E-state index in [2.05, 4.69) is 15.3 Å². The molecule has 0 aromatic carbocycles. The molecule has 4 heteroatoms. The van der Waals surface area contributed by atoms with Crippen LogP contribution in [0.4, 0.5) is 5.82 Å². The minimum Gasteiger partial charge on any atom is -0.395 e. The Morgan fingerprint density at radius 3 is 3.00 bits per heavy atom. The summed E-state index contributed by atoms with van der Waals surface area (Å²) < 4.78 is 0. The van der Waals surface area contributed by atoms with E-state index in [-0.39, 0.29) is 6.61 Å². The van der Waals surface area contributed by atoms with Crippen molar-refractivity contribution >= 4 is 5.82 Å². The van der Waals surface area contributed by atoms with Gasteiger partial charge in [-0.15, -0.1) is 0 Å². The van der Waals surface area contributed by atoms with Crippen molar-refractivity contribution in [2.45, 2.75) is 0 Å². The van der Waals surface area contributed by atoms with Crippen LogP contribution in [0, 0.1) is 0 Å². The second-order valence-electron chi connectivity index (χ2n) is 1.74. The molecule has 0 fully saturated rings. The molecule has 0 unspecified atom stereocenters. The first kappa shape index (κ1) is 6.95. The fraction of sp³-hybridized carbons (Fsp3) is 0.333. The fourth-order valence-corrected chi connectivity index (χ4v) is 0.574. The molecule has 0 atom stereocenters. The highest BCUT2D eigenvalue weighted by Gasteiger charge is 1.87. The third-order valence-corrected chi connectivity index (χ3v) is 0.981. The third-order valence-electron chi connectivity index (χ3n) is 0.981. The average Bonchev–Trinajstić information content (AvgIpc) is 2.03. The van der Waals surface area contributed by atoms with Gasteiger partial charge in [0, 0.05) is 18.9 Å². The van der Waals surface area contributed by atoms with E-state index in [1.807, 2.05) is 0 Å². The topological polar surface area (TPSA) is 58.0 Å². The normalized spacial score (nSPS) is 9.30. The molecule has 4 nitrogen and oxygen atoms in total. The molecule has 0 aliphatic rings. The summed E-state index contributed by atoms with van der Waals surface area (Å²) in [7, 11) is 0. The molecular formula is C6H9N3O. The number of aliphatic hydroxyl groups excluding tert-OH is 1. The maximum atomic E-state index is 8.42. The first-order valence-corrected chi connectivity index (χ1v) is 3.04. The highest BCUT2D eigenvalue weighted by atomic mass is 16.3. The van der Waals surface area contributed by atoms with E-state index in [0.29, 0.717) is 12.4 Å². The molecule has 0 spiro atoms. The molecule has 1 aromatic heterocycles. The first-order valence-electron chi connectivity index (χ1n) is 3.04. The van der Waals surface area contributed by atoms with Gasteiger partial charge in [-0.1, -0.05) is 0 Å². The monoisotopic (exact) mass is 139 g/mol. The molecule has 0 aliphatic heterocycles. The lowest BCUT2D eigenvalue weighted by atomic mass is 10.6. The summed E-state index contributed by atoms with van der Waals surface area (Å²) in [6.45, 7) is 0.620. The van der Waals surface area contributed by atoms with E-state index in [1.165, 1.54) is 0 Å². The third kappa shape index (κ3) is 1.99. The molecule has 0 aliphatic carbocycles. The van der Waals surface area contributed by atoms with Gasteiger partial charge in [0.05, 0.1) is 12.8 Å². The quantitative estimate of drug-likeness (QED) is 0.613. The van der Waals surface area contributed by atoms with Gasteiger partial charge in [-0.25, -0.2) is 4.98 Å². The van der Waals surface area contributed by atoms with E-state index in [4.69, 9.17) is 5.11 Å². The predicted octanol–water partition coefficient (Wildman–Crippen LogP) is -0.119. The van der Waals surface area contributed by atoms with Crippen molar-refractivity contribution in [2.24, 2.45) is 0 Å². The molecule has 0 saturated heterocycles. The summed E-state index contributed by atoms with van der Waals surface area (Å²) >= 11 is 0. The van der Waals surface area contributed by atoms with Crippen molar-refractivity contribution in [2.75, 3.05) is 18.5 Å². The van der Waals surface area contributed by atoms with Crippen LogP contribution in [-0.4, -0.2) is 28.2 Å². The summed E-state index contributed by atoms with van der Waals surface area (Å²) in [6, 6.07) is 0. The molecule has 54 valence electrons. The van der Waals surface area contributed by atoms with Crippen LogP contribution in [0.5, 0.6) is 0 Å². The zero-order valence-electron chi connectivity index (χ0n) is 5.49. The van der Waals surface area contributed by atoms with Gasteiger partial charge in [-0.2, -0.15) is 0 Å². The van der Waals surface area contributed by atoms with Gasteiger partial charge in [0.2, 0.25) is 0 Å². The summed E-state index contributed by atoms with van der Waals surface area (Å²) in [5.74, 6) is 0.691. The van der Waals surface area contributed by atoms with Crippen LogP contribution in [0.25, 0.3) is 0 Å². The number of hydrogen-bond acceptors (Lipinski definition) is 4. The lowest BCUT2D eigenvalue weighted by Gasteiger charge is -1.99. The lowest BCUT2D eigenvalue weighted by Crippen LogP contribution is -2.06. The van der Waals surface area contributed by atoms with Crippen LogP contribution in [-0.2, 0) is 0 Å². The fourth-order valence-electron chi connectivity index (χ4n) is 0.574. The van der Waals surface area contributed by atoms with Crippen LogP contribution in [0.15, 0.2) is 18.6 Å². The highest BCUT2D eigenvalue weighted by molar-refractivity contribution is 5.29. The Bertz CT molecular complexity index is 178. The van der Waals surface area contributed by atoms with E-state index in [9.17, 15) is 0 Å². The van der Waals surface area contributed by atoms with Gasteiger partial charge in [-0.05, 0) is 0 Å². The number of nitrogens with zero attached hydrogens (tertiary/aromatic N) is 2. The Balaban J connectivity index is 2.43. The molecule has 0 bridgehead atoms. The molecular weight excluding hydrogens is 130 g/mol. The number of nitrogens with one attached hydrogen (secondary N) is 1. The lowest BCUT2D eigenvalue weighted by molar-refractivity contribution is 0.311. The minimum absolute atomic E-state index is 0.108. The van der Waals surface area contributed by atoms with Crippen LogP contribution in [0.1, 0.15) is 0 Å². The molecule has 0 amide bonds. The van der Waals surface area contributed by atoms with Gasteiger partial charge < -0.3 is 10.4 Å². The van der Waals surface area contributed by atoms with Crippen molar-refractivity contribution in [1.29, 1.82) is 0 Å². The zero-order valence-corrected chi connectivity index (χ0v) is 5.49. The van der Waals surface area contributed by atoms with Crippen LogP contribution < -0.4 is 5.32 Å². The Kier molecular flexibility index (Phi) is 2.63. The van der Waals surface area contributed by atoms with E-state index < -0.39 is 0 Å². The van der Waals surface area contributed by atoms with Crippen molar-refractivity contribution in [3.8, 4) is 0 Å². The standard InChI is InChI=1S/C6H9N3O/c10-4-3-9-6-5-7-1-2-8-6/h1-2,5,10H,3-4H2,(H,8,9). The van der Waals surface area contributed by atoms with Crippen molar-refractivity contribution in [3.63, 3.8) is 0 Å². The molecule has 1 aromatic rings. The Labute approximate surface area is 58.9 Å². The number of aliphatic hydroxyl groups is 1. The van der Waals surface area contributed by atoms with Crippen molar-refractivity contribution in [1.82, 2.24) is 9.97 Å². The van der Waals surface area contributed by atoms with Gasteiger partial charge in [0.1, 0.15) is 5.82 Å². The van der Waals surface area contributed by atoms with E-state index in [0.717, 1.165) is 0 Å². The van der Waals surface area contributed by atoms with Crippen molar-refractivity contribution in [3.05, 3.63) is 18.6 Å². The van der Waals surface area contributed by atoms with Crippen LogP contribution in [0.2, 0.25) is 0 Å². The second-order valence-corrected chi connectivity index (χ2v) is 1.74. The molecule has 10 heavy (non-hydrogen) atoms. The second kappa shape index (κ2) is 3.79. The Morgan fingerprint density at radius 2 is 2.40 bits per heavy atom. The van der Waals surface area contributed by atoms with Crippen LogP contribution >= 0.6 is 0 Å². The zero-order chi connectivity index (χ0) is 7.23. The summed E-state index contributed by atoms with van der Waals surface area (Å²) in [5, 5.41) is 11.3. The summed E-state index contributed by atoms with van der Waals surface area (Å²) in [6.07, 6.45) is 4.81. The maximum absolute atomic E-state index is 8.42. The number of anilines is 1. The summed E-state index contributed by atoms with van der Waals surface area (Å²) in [4.78, 5) is 7.76. The Hall–Kier alpha value is -1.16. The van der Waals surface area contributed by atoms with Gasteiger partial charge in [0.15, 0.2) is 0 Å². The number of rotatable bonds is 3. The number of aromatic nitrogens is 2. The average molecular weight is 139 g/mol. The molecule has 1 heterocycles. The first-order chi connectivity index (χ1) is 4.93. The largest absolute Gasteiger partial charge is 0.395 e. The molecule has 0 saturated carbocycles. The molecule has 1 rings (SSSR count). The van der Waals surface area contributed by atoms with E-state index >= 15 is 0 Å². The van der Waals surface area contributed by atoms with Crippen LogP contribution in [0.3, 0.4) is 0 Å².